The van der Waals surface area contributed by atoms with E-state index in [4.69, 9.17) is 5.11 Å². The zero-order chi connectivity index (χ0) is 8.97. The van der Waals surface area contributed by atoms with Crippen molar-refractivity contribution in [2.75, 3.05) is 6.61 Å². The van der Waals surface area contributed by atoms with Crippen LogP contribution in [0.4, 0.5) is 0 Å². The maximum absolute atomic E-state index is 9.27. The summed E-state index contributed by atoms with van der Waals surface area (Å²) in [6, 6.07) is 3.51. The monoisotopic (exact) mass is 167 g/mol. The highest BCUT2D eigenvalue weighted by atomic mass is 16.3. The fourth-order valence-corrected chi connectivity index (χ4v) is 1.00. The van der Waals surface area contributed by atoms with Crippen molar-refractivity contribution in [2.24, 2.45) is 0 Å². The van der Waals surface area contributed by atoms with E-state index in [0.29, 0.717) is 0 Å². The molecule has 1 heterocycles. The number of pyridine rings is 1. The third-order valence-corrected chi connectivity index (χ3v) is 1.76. The first-order valence-electron chi connectivity index (χ1n) is 4.01. The second-order valence-corrected chi connectivity index (χ2v) is 2.63. The molecule has 3 nitrogen and oxygen atoms in total. The van der Waals surface area contributed by atoms with Crippen LogP contribution >= 0.6 is 0 Å². The first-order chi connectivity index (χ1) is 5.77. The quantitative estimate of drug-likeness (QED) is 0.695. The Hall–Kier alpha value is -0.930. The second-order valence-electron chi connectivity index (χ2n) is 2.63. The molecular weight excluding hydrogens is 154 g/mol. The van der Waals surface area contributed by atoms with Crippen LogP contribution < -0.4 is 0 Å². The molecule has 0 saturated carbocycles. The van der Waals surface area contributed by atoms with Gasteiger partial charge in [0.05, 0.1) is 6.61 Å². The minimum atomic E-state index is -0.779. The normalized spacial score (nSPS) is 12.9. The summed E-state index contributed by atoms with van der Waals surface area (Å²) in [7, 11) is 0. The Balaban J connectivity index is 2.86. The van der Waals surface area contributed by atoms with E-state index in [1.54, 1.807) is 18.3 Å². The molecule has 0 aliphatic rings. The molecule has 1 aromatic rings. The van der Waals surface area contributed by atoms with Gasteiger partial charge in [0.15, 0.2) is 0 Å². The molecule has 0 spiro atoms. The van der Waals surface area contributed by atoms with Gasteiger partial charge in [0.2, 0.25) is 0 Å². The fourth-order valence-electron chi connectivity index (χ4n) is 1.00. The number of rotatable bonds is 3. The predicted octanol–water partition coefficient (Wildman–Crippen LogP) is 0.670. The van der Waals surface area contributed by atoms with Gasteiger partial charge in [-0.3, -0.25) is 4.98 Å². The number of nitrogens with zero attached hydrogens (tertiary/aromatic N) is 1. The summed E-state index contributed by atoms with van der Waals surface area (Å²) < 4.78 is 0. The van der Waals surface area contributed by atoms with E-state index in [-0.39, 0.29) is 6.61 Å². The highest BCUT2D eigenvalue weighted by molar-refractivity contribution is 5.18. The van der Waals surface area contributed by atoms with Gasteiger partial charge >= 0.3 is 0 Å². The SMILES string of the molecule is CCc1cc([C@@H](O)CO)ccn1. The van der Waals surface area contributed by atoms with Crippen molar-refractivity contribution in [1.82, 2.24) is 4.98 Å². The van der Waals surface area contributed by atoms with Crippen LogP contribution in [0.1, 0.15) is 24.3 Å². The minimum absolute atomic E-state index is 0.243. The van der Waals surface area contributed by atoms with Crippen LogP contribution in [-0.4, -0.2) is 21.8 Å². The molecular formula is C9H13NO2. The first kappa shape index (κ1) is 9.16. The smallest absolute Gasteiger partial charge is 0.102 e. The van der Waals surface area contributed by atoms with Crippen molar-refractivity contribution in [3.63, 3.8) is 0 Å². The van der Waals surface area contributed by atoms with Gasteiger partial charge in [-0.05, 0) is 24.1 Å². The number of hydrogen-bond acceptors (Lipinski definition) is 3. The zero-order valence-electron chi connectivity index (χ0n) is 7.07. The maximum atomic E-state index is 9.27. The lowest BCUT2D eigenvalue weighted by molar-refractivity contribution is 0.0955. The fraction of sp³-hybridized carbons (Fsp3) is 0.444. The molecule has 0 aliphatic carbocycles. The number of hydrogen-bond donors (Lipinski definition) is 2. The maximum Gasteiger partial charge on any atom is 0.102 e. The molecule has 1 aromatic heterocycles. The van der Waals surface area contributed by atoms with Crippen molar-refractivity contribution in [3.05, 3.63) is 29.6 Å². The van der Waals surface area contributed by atoms with Gasteiger partial charge in [-0.15, -0.1) is 0 Å². The molecule has 0 radical (unpaired) electrons. The van der Waals surface area contributed by atoms with Crippen LogP contribution in [-0.2, 0) is 6.42 Å². The summed E-state index contributed by atoms with van der Waals surface area (Å²) in [5.41, 5.74) is 1.66. The molecule has 0 amide bonds. The molecule has 1 rings (SSSR count). The van der Waals surface area contributed by atoms with E-state index in [9.17, 15) is 5.11 Å². The summed E-state index contributed by atoms with van der Waals surface area (Å²) in [6.07, 6.45) is 1.71. The van der Waals surface area contributed by atoms with Gasteiger partial charge < -0.3 is 10.2 Å². The Morgan fingerprint density at radius 3 is 2.92 bits per heavy atom. The standard InChI is InChI=1S/C9H13NO2/c1-2-8-5-7(3-4-10-8)9(12)6-11/h3-5,9,11-12H,2,6H2,1H3/t9-/m0/s1. The Bertz CT molecular complexity index is 250. The van der Waals surface area contributed by atoms with Gasteiger partial charge in [-0.25, -0.2) is 0 Å². The summed E-state index contributed by atoms with van der Waals surface area (Å²) in [6.45, 7) is 1.75. The van der Waals surface area contributed by atoms with Gasteiger partial charge in [-0.2, -0.15) is 0 Å². The van der Waals surface area contributed by atoms with E-state index >= 15 is 0 Å². The predicted molar refractivity (Wildman–Crippen MR) is 45.7 cm³/mol. The van der Waals surface area contributed by atoms with Crippen LogP contribution in [0.15, 0.2) is 18.3 Å². The highest BCUT2D eigenvalue weighted by Gasteiger charge is 2.05. The Kier molecular flexibility index (Phi) is 3.19. The lowest BCUT2D eigenvalue weighted by atomic mass is 10.1. The zero-order valence-corrected chi connectivity index (χ0v) is 7.07. The summed E-state index contributed by atoms with van der Waals surface area (Å²) in [4.78, 5) is 4.08. The van der Waals surface area contributed by atoms with Crippen LogP contribution in [0, 0.1) is 0 Å². The Labute approximate surface area is 71.7 Å². The van der Waals surface area contributed by atoms with Gasteiger partial charge in [0, 0.05) is 11.9 Å². The molecule has 0 aliphatic heterocycles. The summed E-state index contributed by atoms with van der Waals surface area (Å²) in [5.74, 6) is 0. The summed E-state index contributed by atoms with van der Waals surface area (Å²) in [5, 5.41) is 18.0. The Morgan fingerprint density at radius 1 is 1.58 bits per heavy atom. The number of aromatic nitrogens is 1. The van der Waals surface area contributed by atoms with Gasteiger partial charge in [0.25, 0.3) is 0 Å². The lowest BCUT2D eigenvalue weighted by Gasteiger charge is -2.07. The molecule has 0 fully saturated rings. The van der Waals surface area contributed by atoms with Gasteiger partial charge in [-0.1, -0.05) is 6.92 Å². The highest BCUT2D eigenvalue weighted by Crippen LogP contribution is 2.12. The molecule has 0 saturated heterocycles. The molecule has 12 heavy (non-hydrogen) atoms. The topological polar surface area (TPSA) is 53.4 Å². The van der Waals surface area contributed by atoms with Crippen LogP contribution in [0.2, 0.25) is 0 Å². The molecule has 2 N–H and O–H groups in total. The van der Waals surface area contributed by atoms with E-state index < -0.39 is 6.10 Å². The molecule has 0 aromatic carbocycles. The summed E-state index contributed by atoms with van der Waals surface area (Å²) >= 11 is 0. The van der Waals surface area contributed by atoms with Crippen molar-refractivity contribution in [3.8, 4) is 0 Å². The van der Waals surface area contributed by atoms with Crippen molar-refractivity contribution in [1.29, 1.82) is 0 Å². The second kappa shape index (κ2) is 4.18. The van der Waals surface area contributed by atoms with E-state index in [0.717, 1.165) is 17.7 Å². The number of aliphatic hydroxyl groups is 2. The third-order valence-electron chi connectivity index (χ3n) is 1.76. The van der Waals surface area contributed by atoms with Crippen LogP contribution in [0.25, 0.3) is 0 Å². The third kappa shape index (κ3) is 2.03. The number of aryl methyl sites for hydroxylation is 1. The van der Waals surface area contributed by atoms with E-state index in [1.165, 1.54) is 0 Å². The minimum Gasteiger partial charge on any atom is -0.393 e. The lowest BCUT2D eigenvalue weighted by Crippen LogP contribution is -2.03. The first-order valence-corrected chi connectivity index (χ1v) is 4.01. The van der Waals surface area contributed by atoms with E-state index in [1.807, 2.05) is 6.92 Å². The van der Waals surface area contributed by atoms with Crippen molar-refractivity contribution < 1.29 is 10.2 Å². The molecule has 3 heteroatoms. The van der Waals surface area contributed by atoms with Crippen molar-refractivity contribution in [2.45, 2.75) is 19.4 Å². The van der Waals surface area contributed by atoms with Crippen LogP contribution in [0.5, 0.6) is 0 Å². The molecule has 66 valence electrons. The average molecular weight is 167 g/mol. The van der Waals surface area contributed by atoms with E-state index in [2.05, 4.69) is 4.98 Å². The van der Waals surface area contributed by atoms with Gasteiger partial charge in [0.1, 0.15) is 6.10 Å². The molecule has 0 bridgehead atoms. The average Bonchev–Trinajstić information content (AvgIpc) is 2.17. The van der Waals surface area contributed by atoms with Crippen molar-refractivity contribution >= 4 is 0 Å². The van der Waals surface area contributed by atoms with Crippen LogP contribution in [0.3, 0.4) is 0 Å². The molecule has 0 unspecified atom stereocenters. The number of aliphatic hydroxyl groups excluding tert-OH is 2. The largest absolute Gasteiger partial charge is 0.393 e. The molecule has 1 atom stereocenters. The Morgan fingerprint density at radius 2 is 2.33 bits per heavy atom.